The number of carbonyl (C=O) groups is 1. The highest BCUT2D eigenvalue weighted by Gasteiger charge is 2.17. The number of rotatable bonds is 7. The number of aromatic nitrogens is 1. The SMILES string of the molecule is CCOC(=O)c1cn(Cc2ccc(F)cc2)c2ccc(OCc3ccccc3)cc2c1=O. The molecule has 0 radical (unpaired) electrons. The summed E-state index contributed by atoms with van der Waals surface area (Å²) in [6.07, 6.45) is 1.50. The van der Waals surface area contributed by atoms with Crippen LogP contribution in [0.15, 0.2) is 83.8 Å². The molecule has 4 aromatic rings. The van der Waals surface area contributed by atoms with Crippen LogP contribution in [-0.4, -0.2) is 17.1 Å². The number of benzene rings is 3. The number of hydrogen-bond donors (Lipinski definition) is 0. The minimum absolute atomic E-state index is 0.0540. The summed E-state index contributed by atoms with van der Waals surface area (Å²) in [5.41, 5.74) is 2.00. The van der Waals surface area contributed by atoms with Crippen LogP contribution in [0.25, 0.3) is 10.9 Å². The maximum absolute atomic E-state index is 13.3. The number of halogens is 1. The predicted molar refractivity (Wildman–Crippen MR) is 120 cm³/mol. The van der Waals surface area contributed by atoms with E-state index in [-0.39, 0.29) is 18.0 Å². The van der Waals surface area contributed by atoms with Crippen molar-refractivity contribution in [1.82, 2.24) is 4.57 Å². The van der Waals surface area contributed by atoms with E-state index in [0.717, 1.165) is 11.1 Å². The summed E-state index contributed by atoms with van der Waals surface area (Å²) in [5.74, 6) is -0.485. The molecule has 0 aliphatic heterocycles. The molecular weight excluding hydrogens is 409 g/mol. The zero-order valence-corrected chi connectivity index (χ0v) is 17.6. The highest BCUT2D eigenvalue weighted by molar-refractivity contribution is 5.94. The summed E-state index contributed by atoms with van der Waals surface area (Å²) in [4.78, 5) is 25.5. The summed E-state index contributed by atoms with van der Waals surface area (Å²) in [6, 6.07) is 21.0. The second kappa shape index (κ2) is 9.47. The van der Waals surface area contributed by atoms with Crippen LogP contribution >= 0.6 is 0 Å². The van der Waals surface area contributed by atoms with Crippen molar-refractivity contribution in [2.75, 3.05) is 6.61 Å². The van der Waals surface area contributed by atoms with Crippen molar-refractivity contribution in [3.8, 4) is 5.75 Å². The van der Waals surface area contributed by atoms with Gasteiger partial charge in [0.1, 0.15) is 23.7 Å². The van der Waals surface area contributed by atoms with E-state index in [1.54, 1.807) is 41.8 Å². The van der Waals surface area contributed by atoms with E-state index in [2.05, 4.69) is 0 Å². The van der Waals surface area contributed by atoms with Gasteiger partial charge in [0.2, 0.25) is 5.43 Å². The molecule has 1 aromatic heterocycles. The number of nitrogens with zero attached hydrogens (tertiary/aromatic N) is 1. The Bertz CT molecular complexity index is 1300. The lowest BCUT2D eigenvalue weighted by Gasteiger charge is -2.15. The van der Waals surface area contributed by atoms with E-state index in [4.69, 9.17) is 9.47 Å². The van der Waals surface area contributed by atoms with Crippen molar-refractivity contribution in [3.05, 3.63) is 112 Å². The highest BCUT2D eigenvalue weighted by atomic mass is 19.1. The number of pyridine rings is 1. The van der Waals surface area contributed by atoms with Crippen LogP contribution in [0.3, 0.4) is 0 Å². The number of carbonyl (C=O) groups excluding carboxylic acids is 1. The molecule has 0 bridgehead atoms. The smallest absolute Gasteiger partial charge is 0.343 e. The zero-order valence-electron chi connectivity index (χ0n) is 17.6. The quantitative estimate of drug-likeness (QED) is 0.389. The molecule has 0 N–H and O–H groups in total. The van der Waals surface area contributed by atoms with Gasteiger partial charge in [-0.2, -0.15) is 0 Å². The predicted octanol–water partition coefficient (Wildman–Crippen LogP) is 4.94. The van der Waals surface area contributed by atoms with E-state index >= 15 is 0 Å². The van der Waals surface area contributed by atoms with Gasteiger partial charge in [-0.3, -0.25) is 4.79 Å². The van der Waals surface area contributed by atoms with Crippen LogP contribution in [0.5, 0.6) is 5.75 Å². The van der Waals surface area contributed by atoms with Gasteiger partial charge in [0.15, 0.2) is 0 Å². The molecular formula is C26H22FNO4. The first-order chi connectivity index (χ1) is 15.5. The van der Waals surface area contributed by atoms with Crippen LogP contribution in [0, 0.1) is 5.82 Å². The van der Waals surface area contributed by atoms with Crippen molar-refractivity contribution in [3.63, 3.8) is 0 Å². The molecule has 0 amide bonds. The van der Waals surface area contributed by atoms with E-state index in [9.17, 15) is 14.0 Å². The Labute approximate surface area is 184 Å². The van der Waals surface area contributed by atoms with Crippen molar-refractivity contribution < 1.29 is 18.7 Å². The third-order valence-electron chi connectivity index (χ3n) is 5.06. The first-order valence-corrected chi connectivity index (χ1v) is 10.3. The fraction of sp³-hybridized carbons (Fsp3) is 0.154. The van der Waals surface area contributed by atoms with Gasteiger partial charge in [-0.1, -0.05) is 42.5 Å². The summed E-state index contributed by atoms with van der Waals surface area (Å²) in [6.45, 7) is 2.56. The fourth-order valence-corrected chi connectivity index (χ4v) is 3.48. The van der Waals surface area contributed by atoms with Crippen molar-refractivity contribution in [2.24, 2.45) is 0 Å². The topological polar surface area (TPSA) is 57.5 Å². The van der Waals surface area contributed by atoms with Gasteiger partial charge in [0, 0.05) is 12.7 Å². The normalized spacial score (nSPS) is 10.8. The van der Waals surface area contributed by atoms with Gasteiger partial charge in [-0.25, -0.2) is 9.18 Å². The Kier molecular flexibility index (Phi) is 6.31. The lowest BCUT2D eigenvalue weighted by atomic mass is 10.1. The lowest BCUT2D eigenvalue weighted by molar-refractivity contribution is 0.0524. The molecule has 5 nitrogen and oxygen atoms in total. The Morgan fingerprint density at radius 2 is 1.72 bits per heavy atom. The lowest BCUT2D eigenvalue weighted by Crippen LogP contribution is -2.21. The molecule has 6 heteroatoms. The summed E-state index contributed by atoms with van der Waals surface area (Å²) in [7, 11) is 0. The summed E-state index contributed by atoms with van der Waals surface area (Å²) >= 11 is 0. The van der Waals surface area contributed by atoms with Gasteiger partial charge in [-0.15, -0.1) is 0 Å². The van der Waals surface area contributed by atoms with Crippen molar-refractivity contribution in [1.29, 1.82) is 0 Å². The van der Waals surface area contributed by atoms with Crippen LogP contribution in [0.1, 0.15) is 28.4 Å². The number of esters is 1. The molecule has 0 unspecified atom stereocenters. The summed E-state index contributed by atoms with van der Waals surface area (Å²) in [5, 5.41) is 0.350. The molecule has 0 spiro atoms. The Morgan fingerprint density at radius 1 is 0.969 bits per heavy atom. The molecule has 0 saturated carbocycles. The molecule has 0 aliphatic carbocycles. The maximum atomic E-state index is 13.3. The monoisotopic (exact) mass is 431 g/mol. The average molecular weight is 431 g/mol. The highest BCUT2D eigenvalue weighted by Crippen LogP contribution is 2.22. The van der Waals surface area contributed by atoms with E-state index in [1.807, 2.05) is 30.3 Å². The molecule has 162 valence electrons. The zero-order chi connectivity index (χ0) is 22.5. The van der Waals surface area contributed by atoms with Gasteiger partial charge in [0.05, 0.1) is 17.5 Å². The van der Waals surface area contributed by atoms with Crippen LogP contribution in [-0.2, 0) is 17.9 Å². The number of ether oxygens (including phenoxy) is 2. The third kappa shape index (κ3) is 4.70. The summed E-state index contributed by atoms with van der Waals surface area (Å²) < 4.78 is 26.0. The van der Waals surface area contributed by atoms with Crippen LogP contribution in [0.2, 0.25) is 0 Å². The van der Waals surface area contributed by atoms with E-state index < -0.39 is 11.4 Å². The van der Waals surface area contributed by atoms with E-state index in [1.165, 1.54) is 18.3 Å². The van der Waals surface area contributed by atoms with Gasteiger partial charge < -0.3 is 14.0 Å². The second-order valence-electron chi connectivity index (χ2n) is 7.30. The molecule has 0 saturated heterocycles. The molecule has 0 fully saturated rings. The van der Waals surface area contributed by atoms with E-state index in [0.29, 0.717) is 29.8 Å². The second-order valence-corrected chi connectivity index (χ2v) is 7.30. The Balaban J connectivity index is 1.75. The molecule has 1 heterocycles. The minimum atomic E-state index is -0.678. The molecule has 32 heavy (non-hydrogen) atoms. The Hall–Kier alpha value is -3.93. The van der Waals surface area contributed by atoms with Gasteiger partial charge in [-0.05, 0) is 48.4 Å². The van der Waals surface area contributed by atoms with Gasteiger partial charge >= 0.3 is 5.97 Å². The number of hydrogen-bond acceptors (Lipinski definition) is 4. The van der Waals surface area contributed by atoms with Crippen LogP contribution < -0.4 is 10.2 Å². The Morgan fingerprint density at radius 3 is 2.44 bits per heavy atom. The minimum Gasteiger partial charge on any atom is -0.489 e. The largest absolute Gasteiger partial charge is 0.489 e. The standard InChI is InChI=1S/C26H22FNO4/c1-2-31-26(30)23-16-28(15-18-8-10-20(27)11-9-18)24-13-12-21(14-22(24)25(23)29)32-17-19-6-4-3-5-7-19/h3-14,16H,2,15,17H2,1H3. The van der Waals surface area contributed by atoms with Gasteiger partial charge in [0.25, 0.3) is 0 Å². The molecule has 3 aromatic carbocycles. The molecule has 0 aliphatic rings. The first kappa shape index (κ1) is 21.3. The average Bonchev–Trinajstić information content (AvgIpc) is 2.81. The molecule has 0 atom stereocenters. The number of fused-ring (bicyclic) bond motifs is 1. The molecule has 4 rings (SSSR count). The third-order valence-corrected chi connectivity index (χ3v) is 5.06. The first-order valence-electron chi connectivity index (χ1n) is 10.3. The fourth-order valence-electron chi connectivity index (χ4n) is 3.48. The van der Waals surface area contributed by atoms with Crippen LogP contribution in [0.4, 0.5) is 4.39 Å². The maximum Gasteiger partial charge on any atom is 0.343 e. The van der Waals surface area contributed by atoms with Crippen molar-refractivity contribution in [2.45, 2.75) is 20.1 Å². The van der Waals surface area contributed by atoms with Crippen molar-refractivity contribution >= 4 is 16.9 Å².